The monoisotopic (exact) mass is 319 g/mol. The molecule has 1 aliphatic rings. The molecule has 2 aromatic rings. The van der Waals surface area contributed by atoms with Gasteiger partial charge in [-0.05, 0) is 0 Å². The fourth-order valence-corrected chi connectivity index (χ4v) is 2.47. The molecule has 0 N–H and O–H groups in total. The average Bonchev–Trinajstić information content (AvgIpc) is 3.19. The molecule has 0 spiro atoms. The summed E-state index contributed by atoms with van der Waals surface area (Å²) in [5, 5.41) is 7.93. The molecule has 0 aliphatic carbocycles. The van der Waals surface area contributed by atoms with Crippen molar-refractivity contribution in [1.29, 1.82) is 0 Å². The van der Waals surface area contributed by atoms with E-state index in [1.165, 1.54) is 6.33 Å². The van der Waals surface area contributed by atoms with E-state index in [1.807, 2.05) is 18.7 Å². The van der Waals surface area contributed by atoms with Crippen molar-refractivity contribution in [3.05, 3.63) is 24.4 Å². The third-order valence-corrected chi connectivity index (χ3v) is 3.85. The lowest BCUT2D eigenvalue weighted by Crippen LogP contribution is -2.49. The fraction of sp³-hybridized carbons (Fsp3) is 0.643. The van der Waals surface area contributed by atoms with Crippen LogP contribution in [-0.4, -0.2) is 66.8 Å². The summed E-state index contributed by atoms with van der Waals surface area (Å²) in [4.78, 5) is 24.5. The Morgan fingerprint density at radius 1 is 1.30 bits per heavy atom. The molecule has 0 atom stereocenters. The summed E-state index contributed by atoms with van der Waals surface area (Å²) >= 11 is 0. The third kappa shape index (κ3) is 3.92. The molecular formula is C14H21N7O2. The zero-order valence-corrected chi connectivity index (χ0v) is 13.4. The van der Waals surface area contributed by atoms with Crippen molar-refractivity contribution in [1.82, 2.24) is 34.7 Å². The smallest absolute Gasteiger partial charge is 0.244 e. The highest BCUT2D eigenvalue weighted by Crippen LogP contribution is 2.12. The first-order chi connectivity index (χ1) is 11.1. The van der Waals surface area contributed by atoms with Gasteiger partial charge < -0.3 is 9.42 Å². The Bertz CT molecular complexity index is 629. The topological polar surface area (TPSA) is 93.2 Å². The van der Waals surface area contributed by atoms with E-state index in [9.17, 15) is 4.79 Å². The maximum atomic E-state index is 12.2. The Hall–Kier alpha value is -2.29. The van der Waals surface area contributed by atoms with Gasteiger partial charge in [-0.1, -0.05) is 19.0 Å². The highest BCUT2D eigenvalue weighted by Gasteiger charge is 2.23. The summed E-state index contributed by atoms with van der Waals surface area (Å²) in [7, 11) is 0. The molecular weight excluding hydrogens is 298 g/mol. The van der Waals surface area contributed by atoms with E-state index in [-0.39, 0.29) is 18.4 Å². The number of carbonyl (C=O) groups excluding carboxylic acids is 1. The molecule has 124 valence electrons. The van der Waals surface area contributed by atoms with Crippen LogP contribution in [-0.2, 0) is 17.9 Å². The number of hydrogen-bond donors (Lipinski definition) is 0. The Kier molecular flexibility index (Phi) is 4.65. The van der Waals surface area contributed by atoms with Crippen molar-refractivity contribution < 1.29 is 9.32 Å². The second kappa shape index (κ2) is 6.86. The molecule has 0 aromatic carbocycles. The van der Waals surface area contributed by atoms with Crippen LogP contribution in [0, 0.1) is 0 Å². The molecule has 3 rings (SSSR count). The van der Waals surface area contributed by atoms with Gasteiger partial charge in [0.25, 0.3) is 0 Å². The van der Waals surface area contributed by atoms with Gasteiger partial charge in [-0.2, -0.15) is 10.1 Å². The molecule has 9 heteroatoms. The van der Waals surface area contributed by atoms with Crippen LogP contribution in [0.3, 0.4) is 0 Å². The standard InChI is InChI=1S/C14H21N7O2/c1-11(2)14-17-12(23-18-14)7-19-3-5-20(6-4-19)13(22)8-21-10-15-9-16-21/h9-11H,3-8H2,1-2H3. The van der Waals surface area contributed by atoms with Crippen LogP contribution in [0.4, 0.5) is 0 Å². The number of amides is 1. The first kappa shape index (κ1) is 15.6. The van der Waals surface area contributed by atoms with Gasteiger partial charge in [-0.25, -0.2) is 9.67 Å². The van der Waals surface area contributed by atoms with E-state index >= 15 is 0 Å². The molecule has 1 fully saturated rings. The predicted molar refractivity (Wildman–Crippen MR) is 80.3 cm³/mol. The highest BCUT2D eigenvalue weighted by atomic mass is 16.5. The summed E-state index contributed by atoms with van der Waals surface area (Å²) in [6, 6.07) is 0. The van der Waals surface area contributed by atoms with Crippen LogP contribution in [0.2, 0.25) is 0 Å². The lowest BCUT2D eigenvalue weighted by molar-refractivity contribution is -0.133. The number of rotatable bonds is 5. The highest BCUT2D eigenvalue weighted by molar-refractivity contribution is 5.76. The van der Waals surface area contributed by atoms with Gasteiger partial charge in [0.1, 0.15) is 19.2 Å². The minimum atomic E-state index is 0.0648. The van der Waals surface area contributed by atoms with E-state index in [2.05, 4.69) is 25.1 Å². The van der Waals surface area contributed by atoms with Gasteiger partial charge in [0.05, 0.1) is 6.54 Å². The van der Waals surface area contributed by atoms with Crippen LogP contribution >= 0.6 is 0 Å². The summed E-state index contributed by atoms with van der Waals surface area (Å²) < 4.78 is 6.81. The maximum absolute atomic E-state index is 12.2. The van der Waals surface area contributed by atoms with Crippen molar-refractivity contribution in [2.24, 2.45) is 0 Å². The largest absolute Gasteiger partial charge is 0.339 e. The second-order valence-corrected chi connectivity index (χ2v) is 5.95. The Balaban J connectivity index is 1.47. The van der Waals surface area contributed by atoms with Crippen molar-refractivity contribution >= 4 is 5.91 Å². The number of hydrogen-bond acceptors (Lipinski definition) is 7. The molecule has 1 aliphatic heterocycles. The lowest BCUT2D eigenvalue weighted by atomic mass is 10.2. The minimum Gasteiger partial charge on any atom is -0.339 e. The SMILES string of the molecule is CC(C)c1noc(CN2CCN(C(=O)Cn3cncn3)CC2)n1. The molecule has 0 saturated carbocycles. The second-order valence-electron chi connectivity index (χ2n) is 5.95. The third-order valence-electron chi connectivity index (χ3n) is 3.85. The number of nitrogens with zero attached hydrogens (tertiary/aromatic N) is 7. The minimum absolute atomic E-state index is 0.0648. The van der Waals surface area contributed by atoms with Gasteiger partial charge in [0.15, 0.2) is 5.82 Å². The number of aromatic nitrogens is 5. The Labute approximate surface area is 134 Å². The van der Waals surface area contributed by atoms with Gasteiger partial charge in [-0.15, -0.1) is 0 Å². The molecule has 9 nitrogen and oxygen atoms in total. The summed E-state index contributed by atoms with van der Waals surface area (Å²) in [6.07, 6.45) is 2.98. The van der Waals surface area contributed by atoms with Gasteiger partial charge in [-0.3, -0.25) is 9.69 Å². The van der Waals surface area contributed by atoms with E-state index < -0.39 is 0 Å². The normalized spacial score (nSPS) is 16.2. The fourth-order valence-electron chi connectivity index (χ4n) is 2.47. The number of piperazine rings is 1. The first-order valence-corrected chi connectivity index (χ1v) is 7.77. The quantitative estimate of drug-likeness (QED) is 0.773. The zero-order chi connectivity index (χ0) is 16.2. The van der Waals surface area contributed by atoms with E-state index in [4.69, 9.17) is 4.52 Å². The van der Waals surface area contributed by atoms with Gasteiger partial charge >= 0.3 is 0 Å². The van der Waals surface area contributed by atoms with Crippen molar-refractivity contribution in [2.45, 2.75) is 32.9 Å². The van der Waals surface area contributed by atoms with Crippen LogP contribution < -0.4 is 0 Å². The first-order valence-electron chi connectivity index (χ1n) is 7.77. The Morgan fingerprint density at radius 3 is 2.70 bits per heavy atom. The molecule has 23 heavy (non-hydrogen) atoms. The lowest BCUT2D eigenvalue weighted by Gasteiger charge is -2.33. The van der Waals surface area contributed by atoms with E-state index in [1.54, 1.807) is 11.0 Å². The molecule has 0 unspecified atom stereocenters. The average molecular weight is 319 g/mol. The van der Waals surface area contributed by atoms with E-state index in [0.29, 0.717) is 25.5 Å². The molecule has 2 aromatic heterocycles. The number of carbonyl (C=O) groups is 1. The maximum Gasteiger partial charge on any atom is 0.244 e. The molecule has 1 amide bonds. The summed E-state index contributed by atoms with van der Waals surface area (Å²) in [5.41, 5.74) is 0. The predicted octanol–water partition coefficient (Wildman–Crippen LogP) is 0.129. The zero-order valence-electron chi connectivity index (χ0n) is 13.4. The van der Waals surface area contributed by atoms with Gasteiger partial charge in [0.2, 0.25) is 11.8 Å². The Morgan fingerprint density at radius 2 is 2.09 bits per heavy atom. The van der Waals surface area contributed by atoms with Crippen LogP contribution in [0.5, 0.6) is 0 Å². The van der Waals surface area contributed by atoms with Crippen LogP contribution in [0.1, 0.15) is 31.5 Å². The molecule has 1 saturated heterocycles. The van der Waals surface area contributed by atoms with Crippen molar-refractivity contribution in [3.8, 4) is 0 Å². The van der Waals surface area contributed by atoms with E-state index in [0.717, 1.165) is 18.9 Å². The summed E-state index contributed by atoms with van der Waals surface area (Å²) in [5.74, 6) is 1.70. The molecule has 0 bridgehead atoms. The summed E-state index contributed by atoms with van der Waals surface area (Å²) in [6.45, 7) is 7.91. The molecule has 0 radical (unpaired) electrons. The van der Waals surface area contributed by atoms with Crippen LogP contribution in [0.15, 0.2) is 17.2 Å². The van der Waals surface area contributed by atoms with Crippen LogP contribution in [0.25, 0.3) is 0 Å². The van der Waals surface area contributed by atoms with Gasteiger partial charge in [0, 0.05) is 32.1 Å². The van der Waals surface area contributed by atoms with Crippen molar-refractivity contribution in [3.63, 3.8) is 0 Å². The van der Waals surface area contributed by atoms with Crippen molar-refractivity contribution in [2.75, 3.05) is 26.2 Å². The molecule has 3 heterocycles.